The lowest BCUT2D eigenvalue weighted by Gasteiger charge is -2.23. The van der Waals surface area contributed by atoms with Crippen LogP contribution in [0.5, 0.6) is 0 Å². The van der Waals surface area contributed by atoms with Gasteiger partial charge in [-0.25, -0.2) is 8.42 Å². The highest BCUT2D eigenvalue weighted by atomic mass is 35.5. The Bertz CT molecular complexity index is 1270. The van der Waals surface area contributed by atoms with Crippen molar-refractivity contribution in [1.29, 1.82) is 5.26 Å². The lowest BCUT2D eigenvalue weighted by molar-refractivity contribution is 0.102. The van der Waals surface area contributed by atoms with Crippen LogP contribution in [0.2, 0.25) is 5.02 Å². The van der Waals surface area contributed by atoms with Crippen LogP contribution in [-0.4, -0.2) is 20.9 Å². The molecule has 0 saturated heterocycles. The molecule has 156 valence electrons. The van der Waals surface area contributed by atoms with Crippen molar-refractivity contribution in [3.8, 4) is 6.07 Å². The molecule has 0 atom stereocenters. The minimum Gasteiger partial charge on any atom is -0.322 e. The van der Waals surface area contributed by atoms with Gasteiger partial charge in [0.15, 0.2) is 0 Å². The third kappa shape index (κ3) is 4.94. The number of anilines is 2. The van der Waals surface area contributed by atoms with Gasteiger partial charge in [-0.2, -0.15) is 5.26 Å². The number of carbonyl (C=O) groups excluding carboxylic acids is 1. The Morgan fingerprint density at radius 3 is 2.52 bits per heavy atom. The standard InChI is InChI=1S/C23H18ClN3O3S/c1-2-13-27(19-9-4-3-5-10-19)31(29,30)20-11-12-22(24)21(15-20)23(28)26-18-8-6-7-17(14-18)16-25/h2-12,14-15H,1,13H2,(H,26,28). The fraction of sp³-hybridized carbons (Fsp3) is 0.0435. The molecule has 3 aromatic rings. The highest BCUT2D eigenvalue weighted by Gasteiger charge is 2.26. The summed E-state index contributed by atoms with van der Waals surface area (Å²) in [6.07, 6.45) is 1.48. The first-order valence-corrected chi connectivity index (χ1v) is 11.0. The van der Waals surface area contributed by atoms with Crippen molar-refractivity contribution >= 4 is 38.9 Å². The van der Waals surface area contributed by atoms with Crippen LogP contribution in [0, 0.1) is 11.3 Å². The lowest BCUT2D eigenvalue weighted by Crippen LogP contribution is -2.31. The summed E-state index contributed by atoms with van der Waals surface area (Å²) in [5.74, 6) is -0.591. The third-order valence-electron chi connectivity index (χ3n) is 4.36. The second-order valence-corrected chi connectivity index (χ2v) is 8.72. The van der Waals surface area contributed by atoms with Crippen LogP contribution in [0.3, 0.4) is 0 Å². The number of hydrogen-bond acceptors (Lipinski definition) is 4. The summed E-state index contributed by atoms with van der Waals surface area (Å²) in [6.45, 7) is 3.69. The van der Waals surface area contributed by atoms with E-state index in [0.717, 1.165) is 0 Å². The maximum Gasteiger partial charge on any atom is 0.264 e. The molecular weight excluding hydrogens is 434 g/mol. The number of rotatable bonds is 7. The highest BCUT2D eigenvalue weighted by molar-refractivity contribution is 7.92. The van der Waals surface area contributed by atoms with E-state index in [2.05, 4.69) is 11.9 Å². The molecule has 0 aliphatic heterocycles. The summed E-state index contributed by atoms with van der Waals surface area (Å²) in [6, 6.07) is 20.9. The average Bonchev–Trinajstić information content (AvgIpc) is 2.78. The van der Waals surface area contributed by atoms with Gasteiger partial charge in [-0.05, 0) is 48.5 Å². The quantitative estimate of drug-likeness (QED) is 0.520. The Balaban J connectivity index is 1.98. The van der Waals surface area contributed by atoms with Crippen molar-refractivity contribution in [2.75, 3.05) is 16.2 Å². The van der Waals surface area contributed by atoms with Crippen molar-refractivity contribution in [1.82, 2.24) is 0 Å². The van der Waals surface area contributed by atoms with Gasteiger partial charge in [-0.15, -0.1) is 6.58 Å². The number of carbonyl (C=O) groups is 1. The summed E-state index contributed by atoms with van der Waals surface area (Å²) in [4.78, 5) is 12.7. The first-order valence-electron chi connectivity index (χ1n) is 9.16. The fourth-order valence-electron chi connectivity index (χ4n) is 2.88. The fourth-order valence-corrected chi connectivity index (χ4v) is 4.55. The van der Waals surface area contributed by atoms with Crippen molar-refractivity contribution in [3.63, 3.8) is 0 Å². The van der Waals surface area contributed by atoms with Gasteiger partial charge in [0.1, 0.15) is 0 Å². The topological polar surface area (TPSA) is 90.3 Å². The van der Waals surface area contributed by atoms with Gasteiger partial charge in [-0.1, -0.05) is 41.9 Å². The lowest BCUT2D eigenvalue weighted by atomic mass is 10.2. The van der Waals surface area contributed by atoms with E-state index >= 15 is 0 Å². The predicted octanol–water partition coefficient (Wildman–Crippen LogP) is 4.85. The van der Waals surface area contributed by atoms with E-state index in [0.29, 0.717) is 16.9 Å². The monoisotopic (exact) mass is 451 g/mol. The number of benzene rings is 3. The van der Waals surface area contributed by atoms with Crippen molar-refractivity contribution in [2.45, 2.75) is 4.90 Å². The molecule has 0 heterocycles. The van der Waals surface area contributed by atoms with Crippen molar-refractivity contribution < 1.29 is 13.2 Å². The van der Waals surface area contributed by atoms with Crippen LogP contribution in [-0.2, 0) is 10.0 Å². The SMILES string of the molecule is C=CCN(c1ccccc1)S(=O)(=O)c1ccc(Cl)c(C(=O)Nc2cccc(C#N)c2)c1. The van der Waals surface area contributed by atoms with E-state index in [1.165, 1.54) is 34.6 Å². The molecule has 3 aromatic carbocycles. The minimum atomic E-state index is -3.99. The number of amides is 1. The molecule has 1 N–H and O–H groups in total. The largest absolute Gasteiger partial charge is 0.322 e. The highest BCUT2D eigenvalue weighted by Crippen LogP contribution is 2.27. The minimum absolute atomic E-state index is 0.00304. The molecule has 0 unspecified atom stereocenters. The molecule has 0 spiro atoms. The van der Waals surface area contributed by atoms with Crippen LogP contribution in [0.15, 0.2) is 90.3 Å². The smallest absolute Gasteiger partial charge is 0.264 e. The Morgan fingerprint density at radius 2 is 1.84 bits per heavy atom. The number of sulfonamides is 1. The molecule has 0 fully saturated rings. The summed E-state index contributed by atoms with van der Waals surface area (Å²) in [7, 11) is -3.99. The second kappa shape index (κ2) is 9.47. The molecule has 3 rings (SSSR count). The Kier molecular flexibility index (Phi) is 6.75. The third-order valence-corrected chi connectivity index (χ3v) is 6.48. The van der Waals surface area contributed by atoms with E-state index in [1.54, 1.807) is 48.5 Å². The molecule has 0 aliphatic rings. The van der Waals surface area contributed by atoms with Crippen LogP contribution in [0.25, 0.3) is 0 Å². The Labute approximate surface area is 186 Å². The molecule has 1 amide bonds. The van der Waals surface area contributed by atoms with Crippen LogP contribution in [0.1, 0.15) is 15.9 Å². The van der Waals surface area contributed by atoms with Crippen molar-refractivity contribution in [2.24, 2.45) is 0 Å². The van der Waals surface area contributed by atoms with Crippen LogP contribution >= 0.6 is 11.6 Å². The van der Waals surface area contributed by atoms with Gasteiger partial charge < -0.3 is 5.32 Å². The molecule has 0 saturated carbocycles. The molecule has 0 radical (unpaired) electrons. The Morgan fingerprint density at radius 1 is 1.10 bits per heavy atom. The van der Waals surface area contributed by atoms with E-state index in [4.69, 9.17) is 16.9 Å². The molecule has 0 aromatic heterocycles. The average molecular weight is 452 g/mol. The van der Waals surface area contributed by atoms with E-state index in [1.807, 2.05) is 6.07 Å². The van der Waals surface area contributed by atoms with E-state index in [9.17, 15) is 13.2 Å². The number of nitrogens with zero attached hydrogens (tertiary/aromatic N) is 2. The van der Waals surface area contributed by atoms with Crippen LogP contribution in [0.4, 0.5) is 11.4 Å². The zero-order valence-corrected chi connectivity index (χ0v) is 17.9. The van der Waals surface area contributed by atoms with Gasteiger partial charge in [0.2, 0.25) is 0 Å². The number of para-hydroxylation sites is 1. The van der Waals surface area contributed by atoms with Crippen LogP contribution < -0.4 is 9.62 Å². The van der Waals surface area contributed by atoms with Gasteiger partial charge in [0.25, 0.3) is 15.9 Å². The molecule has 6 nitrogen and oxygen atoms in total. The normalized spacial score (nSPS) is 10.7. The zero-order chi connectivity index (χ0) is 22.4. The number of nitrogens with one attached hydrogen (secondary N) is 1. The summed E-state index contributed by atoms with van der Waals surface area (Å²) < 4.78 is 27.8. The summed E-state index contributed by atoms with van der Waals surface area (Å²) in [5.41, 5.74) is 1.24. The molecule has 8 heteroatoms. The van der Waals surface area contributed by atoms with Gasteiger partial charge >= 0.3 is 0 Å². The van der Waals surface area contributed by atoms with E-state index in [-0.39, 0.29) is 22.0 Å². The zero-order valence-electron chi connectivity index (χ0n) is 16.3. The van der Waals surface area contributed by atoms with Crippen molar-refractivity contribution in [3.05, 3.63) is 102 Å². The molecule has 31 heavy (non-hydrogen) atoms. The number of nitriles is 1. The van der Waals surface area contributed by atoms with Gasteiger partial charge in [-0.3, -0.25) is 9.10 Å². The first-order chi connectivity index (χ1) is 14.9. The molecule has 0 aliphatic carbocycles. The number of halogens is 1. The second-order valence-electron chi connectivity index (χ2n) is 6.45. The first kappa shape index (κ1) is 22.1. The summed E-state index contributed by atoms with van der Waals surface area (Å²) >= 11 is 6.19. The predicted molar refractivity (Wildman–Crippen MR) is 122 cm³/mol. The van der Waals surface area contributed by atoms with Gasteiger partial charge in [0.05, 0.1) is 39.3 Å². The maximum atomic E-state index is 13.3. The Hall–Kier alpha value is -3.60. The number of hydrogen-bond donors (Lipinski definition) is 1. The molecule has 0 bridgehead atoms. The van der Waals surface area contributed by atoms with Gasteiger partial charge in [0, 0.05) is 5.69 Å². The molecular formula is C23H18ClN3O3S. The summed E-state index contributed by atoms with van der Waals surface area (Å²) in [5, 5.41) is 11.8. The maximum absolute atomic E-state index is 13.3. The van der Waals surface area contributed by atoms with E-state index < -0.39 is 15.9 Å².